The van der Waals surface area contributed by atoms with Crippen LogP contribution in [0.5, 0.6) is 0 Å². The molecule has 0 fully saturated rings. The summed E-state index contributed by atoms with van der Waals surface area (Å²) in [6, 6.07) is 3.21. The molecule has 100 valence electrons. The summed E-state index contributed by atoms with van der Waals surface area (Å²) in [6.45, 7) is 0.595. The van der Waals surface area contributed by atoms with E-state index >= 15 is 0 Å². The van der Waals surface area contributed by atoms with Crippen LogP contribution in [0.15, 0.2) is 18.2 Å². The molecule has 0 aliphatic rings. The fourth-order valence-electron chi connectivity index (χ4n) is 1.44. The molecule has 0 radical (unpaired) electrons. The van der Waals surface area contributed by atoms with Crippen molar-refractivity contribution in [2.75, 3.05) is 13.1 Å². The minimum atomic E-state index is -1.00. The van der Waals surface area contributed by atoms with Crippen LogP contribution in [-0.4, -0.2) is 29.3 Å². The molecule has 0 saturated carbocycles. The molecule has 3 N–H and O–H groups in total. The highest BCUT2D eigenvalue weighted by Crippen LogP contribution is 2.15. The second-order valence-electron chi connectivity index (χ2n) is 3.89. The lowest BCUT2D eigenvalue weighted by atomic mass is 10.1. The van der Waals surface area contributed by atoms with Crippen LogP contribution in [0, 0.1) is 11.6 Å². The Bertz CT molecular complexity index is 412. The number of benzene rings is 1. The second kappa shape index (κ2) is 7.03. The van der Waals surface area contributed by atoms with Crippen molar-refractivity contribution in [1.29, 1.82) is 0 Å². The standard InChI is InChI=1S/C12H15F2NO3/c13-9-4-3-8(6-10(9)14)11(16)7-15-5-1-2-12(17)18/h3-4,6,11,15-16H,1-2,5,7H2,(H,17,18). The molecular formula is C12H15F2NO3. The monoisotopic (exact) mass is 259 g/mol. The van der Waals surface area contributed by atoms with Crippen LogP contribution in [-0.2, 0) is 4.79 Å². The minimum Gasteiger partial charge on any atom is -0.481 e. The molecule has 0 aliphatic carbocycles. The van der Waals surface area contributed by atoms with E-state index in [1.807, 2.05) is 0 Å². The fraction of sp³-hybridized carbons (Fsp3) is 0.417. The van der Waals surface area contributed by atoms with E-state index in [1.165, 1.54) is 6.07 Å². The van der Waals surface area contributed by atoms with Gasteiger partial charge in [-0.25, -0.2) is 8.78 Å². The van der Waals surface area contributed by atoms with Gasteiger partial charge in [0.2, 0.25) is 0 Å². The van der Waals surface area contributed by atoms with Crippen molar-refractivity contribution in [3.63, 3.8) is 0 Å². The van der Waals surface area contributed by atoms with Gasteiger partial charge in [-0.2, -0.15) is 0 Å². The highest BCUT2D eigenvalue weighted by Gasteiger charge is 2.10. The molecule has 1 aromatic carbocycles. The molecule has 1 rings (SSSR count). The van der Waals surface area contributed by atoms with Gasteiger partial charge in [0, 0.05) is 13.0 Å². The third kappa shape index (κ3) is 4.77. The summed E-state index contributed by atoms with van der Waals surface area (Å²) in [6.07, 6.45) is -0.460. The van der Waals surface area contributed by atoms with Gasteiger partial charge < -0.3 is 15.5 Å². The topological polar surface area (TPSA) is 69.6 Å². The van der Waals surface area contributed by atoms with E-state index in [1.54, 1.807) is 0 Å². The average Bonchev–Trinajstić information content (AvgIpc) is 2.31. The first-order valence-corrected chi connectivity index (χ1v) is 5.56. The largest absolute Gasteiger partial charge is 0.481 e. The SMILES string of the molecule is O=C(O)CCCNCC(O)c1ccc(F)c(F)c1. The van der Waals surface area contributed by atoms with Crippen molar-refractivity contribution < 1.29 is 23.8 Å². The molecule has 0 saturated heterocycles. The lowest BCUT2D eigenvalue weighted by Crippen LogP contribution is -2.23. The Balaban J connectivity index is 2.34. The van der Waals surface area contributed by atoms with Gasteiger partial charge >= 0.3 is 5.97 Å². The first-order chi connectivity index (χ1) is 8.50. The number of aliphatic carboxylic acids is 1. The Kier molecular flexibility index (Phi) is 5.67. The van der Waals surface area contributed by atoms with E-state index < -0.39 is 23.7 Å². The van der Waals surface area contributed by atoms with Crippen LogP contribution in [0.3, 0.4) is 0 Å². The number of hydrogen-bond acceptors (Lipinski definition) is 3. The Morgan fingerprint density at radius 1 is 1.33 bits per heavy atom. The molecule has 1 atom stereocenters. The molecule has 0 heterocycles. The lowest BCUT2D eigenvalue weighted by Gasteiger charge is -2.12. The normalized spacial score (nSPS) is 12.4. The number of halogens is 2. The van der Waals surface area contributed by atoms with E-state index in [9.17, 15) is 18.7 Å². The van der Waals surface area contributed by atoms with Gasteiger partial charge in [0.25, 0.3) is 0 Å². The van der Waals surface area contributed by atoms with Crippen molar-refractivity contribution >= 4 is 5.97 Å². The molecule has 0 bridgehead atoms. The summed E-state index contributed by atoms with van der Waals surface area (Å²) in [4.78, 5) is 10.2. The van der Waals surface area contributed by atoms with Crippen molar-refractivity contribution in [1.82, 2.24) is 5.32 Å². The second-order valence-corrected chi connectivity index (χ2v) is 3.89. The van der Waals surface area contributed by atoms with Gasteiger partial charge in [0.05, 0.1) is 6.10 Å². The molecule has 0 aromatic heterocycles. The molecule has 1 aromatic rings. The molecule has 0 amide bonds. The van der Waals surface area contributed by atoms with Crippen molar-refractivity contribution in [2.24, 2.45) is 0 Å². The maximum absolute atomic E-state index is 12.9. The fourth-order valence-corrected chi connectivity index (χ4v) is 1.44. The zero-order valence-electron chi connectivity index (χ0n) is 9.70. The number of nitrogens with one attached hydrogen (secondary N) is 1. The number of carboxylic acid groups (broad SMARTS) is 1. The van der Waals surface area contributed by atoms with Gasteiger partial charge in [-0.3, -0.25) is 4.79 Å². The van der Waals surface area contributed by atoms with Crippen molar-refractivity contribution in [3.05, 3.63) is 35.4 Å². The minimum absolute atomic E-state index is 0.0499. The molecule has 1 unspecified atom stereocenters. The Labute approximate surface area is 103 Å². The van der Waals surface area contributed by atoms with Crippen LogP contribution in [0.2, 0.25) is 0 Å². The number of carbonyl (C=O) groups is 1. The van der Waals surface area contributed by atoms with Crippen LogP contribution in [0.25, 0.3) is 0 Å². The number of hydrogen-bond donors (Lipinski definition) is 3. The Morgan fingerprint density at radius 3 is 2.67 bits per heavy atom. The maximum Gasteiger partial charge on any atom is 0.303 e. The number of aliphatic hydroxyl groups excluding tert-OH is 1. The first kappa shape index (κ1) is 14.5. The molecule has 0 spiro atoms. The van der Waals surface area contributed by atoms with E-state index in [-0.39, 0.29) is 18.5 Å². The van der Waals surface area contributed by atoms with Gasteiger partial charge in [-0.15, -0.1) is 0 Å². The average molecular weight is 259 g/mol. The number of carboxylic acids is 1. The highest BCUT2D eigenvalue weighted by atomic mass is 19.2. The third-order valence-corrected chi connectivity index (χ3v) is 2.41. The summed E-state index contributed by atoms with van der Waals surface area (Å²) in [5.41, 5.74) is 0.277. The molecule has 4 nitrogen and oxygen atoms in total. The molecular weight excluding hydrogens is 244 g/mol. The van der Waals surface area contributed by atoms with E-state index in [0.717, 1.165) is 12.1 Å². The van der Waals surface area contributed by atoms with E-state index in [2.05, 4.69) is 5.32 Å². The van der Waals surface area contributed by atoms with Gasteiger partial charge in [0.15, 0.2) is 11.6 Å². The zero-order valence-corrected chi connectivity index (χ0v) is 9.70. The van der Waals surface area contributed by atoms with Crippen LogP contribution < -0.4 is 5.32 Å². The molecule has 18 heavy (non-hydrogen) atoms. The van der Waals surface area contributed by atoms with E-state index in [4.69, 9.17) is 5.11 Å². The predicted molar refractivity (Wildman–Crippen MR) is 61.1 cm³/mol. The smallest absolute Gasteiger partial charge is 0.303 e. The van der Waals surface area contributed by atoms with Crippen LogP contribution >= 0.6 is 0 Å². The number of rotatable bonds is 7. The van der Waals surface area contributed by atoms with Gasteiger partial charge in [0.1, 0.15) is 0 Å². The van der Waals surface area contributed by atoms with Gasteiger partial charge in [-0.05, 0) is 30.7 Å². The molecule has 6 heteroatoms. The van der Waals surface area contributed by atoms with Gasteiger partial charge in [-0.1, -0.05) is 6.07 Å². The van der Waals surface area contributed by atoms with E-state index in [0.29, 0.717) is 13.0 Å². The summed E-state index contributed by atoms with van der Waals surface area (Å²) in [5.74, 6) is -2.84. The van der Waals surface area contributed by atoms with Crippen molar-refractivity contribution in [3.8, 4) is 0 Å². The third-order valence-electron chi connectivity index (χ3n) is 2.41. The van der Waals surface area contributed by atoms with Crippen molar-refractivity contribution in [2.45, 2.75) is 18.9 Å². The zero-order chi connectivity index (χ0) is 13.5. The Morgan fingerprint density at radius 2 is 2.06 bits per heavy atom. The molecule has 0 aliphatic heterocycles. The quantitative estimate of drug-likeness (QED) is 0.648. The number of aliphatic hydroxyl groups is 1. The summed E-state index contributed by atoms with van der Waals surface area (Å²) in [7, 11) is 0. The first-order valence-electron chi connectivity index (χ1n) is 5.56. The highest BCUT2D eigenvalue weighted by molar-refractivity contribution is 5.66. The predicted octanol–water partition coefficient (Wildman–Crippen LogP) is 1.45. The summed E-state index contributed by atoms with van der Waals surface area (Å²) < 4.78 is 25.6. The summed E-state index contributed by atoms with van der Waals surface area (Å²) >= 11 is 0. The maximum atomic E-state index is 12.9. The lowest BCUT2D eigenvalue weighted by molar-refractivity contribution is -0.137. The van der Waals surface area contributed by atoms with Crippen LogP contribution in [0.4, 0.5) is 8.78 Å². The summed E-state index contributed by atoms with van der Waals surface area (Å²) in [5, 5.41) is 20.9. The Hall–Kier alpha value is -1.53. The van der Waals surface area contributed by atoms with Crippen LogP contribution in [0.1, 0.15) is 24.5 Å².